The fourth-order valence-electron chi connectivity index (χ4n) is 0.631. The fraction of sp³-hybridized carbons (Fsp3) is 0.167. The van der Waals surface area contributed by atoms with Gasteiger partial charge in [-0.25, -0.2) is 4.39 Å². The number of nitriles is 1. The van der Waals surface area contributed by atoms with E-state index in [4.69, 9.17) is 5.26 Å². The van der Waals surface area contributed by atoms with Gasteiger partial charge >= 0.3 is 0 Å². The maximum Gasteiger partial charge on any atom is 0.159 e. The molecule has 0 radical (unpaired) electrons. The van der Waals surface area contributed by atoms with Gasteiger partial charge in [-0.1, -0.05) is 0 Å². The van der Waals surface area contributed by atoms with Gasteiger partial charge < -0.3 is 4.57 Å². The van der Waals surface area contributed by atoms with Crippen LogP contribution in [-0.2, 0) is 7.05 Å². The van der Waals surface area contributed by atoms with E-state index in [1.54, 1.807) is 13.1 Å². The van der Waals surface area contributed by atoms with Crippen LogP contribution in [0.15, 0.2) is 12.3 Å². The zero-order valence-corrected chi connectivity index (χ0v) is 4.93. The maximum atomic E-state index is 12.4. The number of hydrogen-bond acceptors (Lipinski definition) is 1. The Morgan fingerprint density at radius 3 is 2.67 bits per heavy atom. The monoisotopic (exact) mass is 124 g/mol. The van der Waals surface area contributed by atoms with E-state index in [-0.39, 0.29) is 5.69 Å². The van der Waals surface area contributed by atoms with Gasteiger partial charge in [0.1, 0.15) is 6.07 Å². The van der Waals surface area contributed by atoms with E-state index in [0.29, 0.717) is 0 Å². The summed E-state index contributed by atoms with van der Waals surface area (Å²) in [7, 11) is 1.63. The topological polar surface area (TPSA) is 28.7 Å². The molecule has 0 aliphatic heterocycles. The molecule has 2 nitrogen and oxygen atoms in total. The van der Waals surface area contributed by atoms with Crippen molar-refractivity contribution in [1.29, 1.82) is 5.26 Å². The molecule has 0 saturated heterocycles. The predicted octanol–water partition coefficient (Wildman–Crippen LogP) is 1.04. The van der Waals surface area contributed by atoms with Crippen LogP contribution in [0, 0.1) is 17.1 Å². The average Bonchev–Trinajstić information content (AvgIpc) is 2.12. The Morgan fingerprint density at radius 1 is 1.78 bits per heavy atom. The molecule has 0 N–H and O–H groups in total. The van der Waals surface area contributed by atoms with E-state index in [1.807, 2.05) is 0 Å². The van der Waals surface area contributed by atoms with Crippen molar-refractivity contribution in [2.45, 2.75) is 0 Å². The molecule has 9 heavy (non-hydrogen) atoms. The lowest BCUT2D eigenvalue weighted by atomic mass is 10.4. The van der Waals surface area contributed by atoms with Crippen molar-refractivity contribution in [3.8, 4) is 6.07 Å². The van der Waals surface area contributed by atoms with Crippen molar-refractivity contribution in [2.75, 3.05) is 0 Å². The predicted molar refractivity (Wildman–Crippen MR) is 30.1 cm³/mol. The van der Waals surface area contributed by atoms with Gasteiger partial charge in [-0.2, -0.15) is 5.26 Å². The summed E-state index contributed by atoms with van der Waals surface area (Å²) in [6.07, 6.45) is 1.51. The van der Waals surface area contributed by atoms with Crippen LogP contribution in [0.1, 0.15) is 5.69 Å². The fourth-order valence-corrected chi connectivity index (χ4v) is 0.631. The van der Waals surface area contributed by atoms with E-state index in [2.05, 4.69) is 0 Å². The third-order valence-corrected chi connectivity index (χ3v) is 1.13. The van der Waals surface area contributed by atoms with Gasteiger partial charge in [0.05, 0.1) is 0 Å². The molecule has 0 bridgehead atoms. The van der Waals surface area contributed by atoms with E-state index in [9.17, 15) is 4.39 Å². The van der Waals surface area contributed by atoms with Gasteiger partial charge in [-0.15, -0.1) is 0 Å². The lowest BCUT2D eigenvalue weighted by Crippen LogP contribution is -1.89. The highest BCUT2D eigenvalue weighted by molar-refractivity contribution is 5.23. The lowest BCUT2D eigenvalue weighted by molar-refractivity contribution is 0.619. The first-order valence-corrected chi connectivity index (χ1v) is 2.46. The number of rotatable bonds is 0. The van der Waals surface area contributed by atoms with Crippen LogP contribution < -0.4 is 0 Å². The minimum absolute atomic E-state index is 0.0787. The van der Waals surface area contributed by atoms with E-state index in [0.717, 1.165) is 0 Å². The lowest BCUT2D eigenvalue weighted by Gasteiger charge is -1.88. The van der Waals surface area contributed by atoms with Crippen molar-refractivity contribution >= 4 is 0 Å². The maximum absolute atomic E-state index is 12.4. The van der Waals surface area contributed by atoms with Crippen LogP contribution in [0.2, 0.25) is 0 Å². The Balaban J connectivity index is 3.27. The molecule has 0 amide bonds. The second kappa shape index (κ2) is 1.90. The van der Waals surface area contributed by atoms with Crippen LogP contribution in [0.5, 0.6) is 0 Å². The first-order chi connectivity index (χ1) is 4.25. The Morgan fingerprint density at radius 2 is 2.44 bits per heavy atom. The molecule has 46 valence electrons. The normalized spacial score (nSPS) is 9.00. The number of aromatic nitrogens is 1. The van der Waals surface area contributed by atoms with E-state index >= 15 is 0 Å². The van der Waals surface area contributed by atoms with Gasteiger partial charge in [0.15, 0.2) is 11.5 Å². The van der Waals surface area contributed by atoms with Gasteiger partial charge in [0.2, 0.25) is 0 Å². The van der Waals surface area contributed by atoms with Crippen LogP contribution in [0.4, 0.5) is 4.39 Å². The molecule has 0 aromatic carbocycles. The Bertz CT molecular complexity index is 237. The van der Waals surface area contributed by atoms with Gasteiger partial charge in [0.25, 0.3) is 0 Å². The molecule has 0 saturated carbocycles. The highest BCUT2D eigenvalue weighted by Gasteiger charge is 2.02. The second-order valence-corrected chi connectivity index (χ2v) is 1.73. The molecule has 1 aromatic rings. The molecular weight excluding hydrogens is 119 g/mol. The van der Waals surface area contributed by atoms with E-state index in [1.165, 1.54) is 16.8 Å². The van der Waals surface area contributed by atoms with Crippen LogP contribution in [0.25, 0.3) is 0 Å². The summed E-state index contributed by atoms with van der Waals surface area (Å²) in [6.45, 7) is 0. The molecule has 1 rings (SSSR count). The van der Waals surface area contributed by atoms with Crippen LogP contribution in [0.3, 0.4) is 0 Å². The quantitative estimate of drug-likeness (QED) is 0.508. The van der Waals surface area contributed by atoms with Crippen molar-refractivity contribution in [3.63, 3.8) is 0 Å². The number of aryl methyl sites for hydroxylation is 1. The van der Waals surface area contributed by atoms with Crippen LogP contribution >= 0.6 is 0 Å². The number of hydrogen-bond donors (Lipinski definition) is 0. The summed E-state index contributed by atoms with van der Waals surface area (Å²) in [6, 6.07) is 2.99. The SMILES string of the molecule is Cn1ccc(F)c1C#N. The van der Waals surface area contributed by atoms with Crippen molar-refractivity contribution in [2.24, 2.45) is 7.05 Å². The third kappa shape index (κ3) is 0.789. The third-order valence-electron chi connectivity index (χ3n) is 1.13. The molecular formula is C6H5FN2. The highest BCUT2D eigenvalue weighted by Crippen LogP contribution is 2.04. The minimum Gasteiger partial charge on any atom is -0.340 e. The average molecular weight is 124 g/mol. The standard InChI is InChI=1S/C6H5FN2/c1-9-3-2-5(7)6(9)4-8/h2-3H,1H3. The first-order valence-electron chi connectivity index (χ1n) is 2.46. The summed E-state index contributed by atoms with van der Waals surface area (Å²) < 4.78 is 13.8. The summed E-state index contributed by atoms with van der Waals surface area (Å²) in [5.41, 5.74) is 0.0787. The number of halogens is 1. The van der Waals surface area contributed by atoms with E-state index < -0.39 is 5.82 Å². The summed E-state index contributed by atoms with van der Waals surface area (Å²) in [4.78, 5) is 0. The van der Waals surface area contributed by atoms with Crippen LogP contribution in [-0.4, -0.2) is 4.57 Å². The highest BCUT2D eigenvalue weighted by atomic mass is 19.1. The Labute approximate surface area is 52.1 Å². The zero-order chi connectivity index (χ0) is 6.85. The van der Waals surface area contributed by atoms with Gasteiger partial charge in [-0.3, -0.25) is 0 Å². The molecule has 0 fully saturated rings. The molecule has 3 heteroatoms. The molecule has 1 heterocycles. The zero-order valence-electron chi connectivity index (χ0n) is 4.93. The molecule has 0 aliphatic carbocycles. The van der Waals surface area contributed by atoms with Gasteiger partial charge in [-0.05, 0) is 6.07 Å². The van der Waals surface area contributed by atoms with Gasteiger partial charge in [0, 0.05) is 13.2 Å². The summed E-state index contributed by atoms with van der Waals surface area (Å²) >= 11 is 0. The second-order valence-electron chi connectivity index (χ2n) is 1.73. The smallest absolute Gasteiger partial charge is 0.159 e. The largest absolute Gasteiger partial charge is 0.340 e. The first kappa shape index (κ1) is 5.83. The molecule has 0 spiro atoms. The Kier molecular flexibility index (Phi) is 1.23. The summed E-state index contributed by atoms with van der Waals surface area (Å²) in [5, 5.41) is 8.28. The molecule has 1 aromatic heterocycles. The molecule has 0 atom stereocenters. The number of nitrogens with zero attached hydrogens (tertiary/aromatic N) is 2. The van der Waals surface area contributed by atoms with Crippen molar-refractivity contribution in [1.82, 2.24) is 4.57 Å². The molecule has 0 aliphatic rings. The van der Waals surface area contributed by atoms with Crippen molar-refractivity contribution < 1.29 is 4.39 Å². The summed E-state index contributed by atoms with van der Waals surface area (Å²) in [5.74, 6) is -0.458. The van der Waals surface area contributed by atoms with Crippen molar-refractivity contribution in [3.05, 3.63) is 23.8 Å². The Hall–Kier alpha value is -1.30. The molecule has 0 unspecified atom stereocenters. The minimum atomic E-state index is -0.458.